The summed E-state index contributed by atoms with van der Waals surface area (Å²) in [5.41, 5.74) is 0.0962. The molecule has 1 atom stereocenters. The molecule has 0 saturated carbocycles. The number of fused-ring (bicyclic) bond motifs is 1. The minimum atomic E-state index is -0.918. The number of carboxylic acid groups (broad SMARTS) is 1. The first-order valence-electron chi connectivity index (χ1n) is 6.74. The molecule has 2 aromatic rings. The summed E-state index contributed by atoms with van der Waals surface area (Å²) in [5, 5.41) is 13.8. The van der Waals surface area contributed by atoms with Crippen molar-refractivity contribution in [1.82, 2.24) is 14.7 Å². The molecule has 21 heavy (non-hydrogen) atoms. The van der Waals surface area contributed by atoms with E-state index in [9.17, 15) is 9.59 Å². The van der Waals surface area contributed by atoms with Gasteiger partial charge in [-0.1, -0.05) is 13.8 Å². The molecule has 0 aliphatic heterocycles. The highest BCUT2D eigenvalue weighted by molar-refractivity contribution is 7.15. The van der Waals surface area contributed by atoms with Crippen molar-refractivity contribution >= 4 is 28.2 Å². The summed E-state index contributed by atoms with van der Waals surface area (Å²) < 4.78 is 1.87. The standard InChI is InChI=1S/C14H19N3O3S/c1-9(2)14(3,7-12(19)20)16-11(18)6-10-8-21-13-15-4-5-17(10)13/h4-5,8-9H,6-7H2,1-3H3,(H,16,18)(H,19,20). The van der Waals surface area contributed by atoms with Gasteiger partial charge in [0.05, 0.1) is 12.8 Å². The molecule has 0 aromatic carbocycles. The summed E-state index contributed by atoms with van der Waals surface area (Å²) >= 11 is 1.48. The van der Waals surface area contributed by atoms with Crippen molar-refractivity contribution in [1.29, 1.82) is 0 Å². The molecule has 2 N–H and O–H groups in total. The van der Waals surface area contributed by atoms with Gasteiger partial charge in [0.25, 0.3) is 0 Å². The maximum absolute atomic E-state index is 12.2. The Hall–Kier alpha value is -1.89. The lowest BCUT2D eigenvalue weighted by Crippen LogP contribution is -2.51. The van der Waals surface area contributed by atoms with Crippen LogP contribution < -0.4 is 5.32 Å². The monoisotopic (exact) mass is 309 g/mol. The lowest BCUT2D eigenvalue weighted by atomic mass is 9.85. The molecule has 0 spiro atoms. The number of carbonyl (C=O) groups excluding carboxylic acids is 1. The molecule has 0 fully saturated rings. The van der Waals surface area contributed by atoms with Crippen molar-refractivity contribution in [2.45, 2.75) is 39.2 Å². The second-order valence-corrected chi connectivity index (χ2v) is 6.51. The lowest BCUT2D eigenvalue weighted by molar-refractivity contribution is -0.139. The van der Waals surface area contributed by atoms with Gasteiger partial charge >= 0.3 is 5.97 Å². The fourth-order valence-corrected chi connectivity index (χ4v) is 2.99. The lowest BCUT2D eigenvalue weighted by Gasteiger charge is -2.33. The first-order valence-corrected chi connectivity index (χ1v) is 7.62. The van der Waals surface area contributed by atoms with Crippen molar-refractivity contribution in [2.24, 2.45) is 5.92 Å². The average molecular weight is 309 g/mol. The molecule has 6 nitrogen and oxygen atoms in total. The van der Waals surface area contributed by atoms with Crippen LogP contribution in [0.2, 0.25) is 0 Å². The Morgan fingerprint density at radius 1 is 1.52 bits per heavy atom. The normalized spacial score (nSPS) is 14.3. The largest absolute Gasteiger partial charge is 0.481 e. The number of thiazole rings is 1. The smallest absolute Gasteiger partial charge is 0.305 e. The van der Waals surface area contributed by atoms with E-state index in [2.05, 4.69) is 10.3 Å². The number of amides is 1. The second-order valence-electron chi connectivity index (χ2n) is 5.67. The van der Waals surface area contributed by atoms with Gasteiger partial charge in [0.15, 0.2) is 4.96 Å². The second kappa shape index (κ2) is 5.85. The highest BCUT2D eigenvalue weighted by Crippen LogP contribution is 2.21. The van der Waals surface area contributed by atoms with Gasteiger partial charge in [-0.2, -0.15) is 0 Å². The number of nitrogens with one attached hydrogen (secondary N) is 1. The highest BCUT2D eigenvalue weighted by Gasteiger charge is 2.32. The summed E-state index contributed by atoms with van der Waals surface area (Å²) in [6.07, 6.45) is 3.61. The molecule has 0 aliphatic carbocycles. The van der Waals surface area contributed by atoms with E-state index < -0.39 is 11.5 Å². The molecular formula is C14H19N3O3S. The SMILES string of the molecule is CC(C)C(C)(CC(=O)O)NC(=O)Cc1csc2nccn12. The molecule has 2 aromatic heterocycles. The number of carboxylic acids is 1. The Morgan fingerprint density at radius 2 is 2.24 bits per heavy atom. The highest BCUT2D eigenvalue weighted by atomic mass is 32.1. The Bertz CT molecular complexity index is 661. The molecule has 0 aliphatic rings. The third kappa shape index (κ3) is 3.41. The van der Waals surface area contributed by atoms with Crippen LogP contribution in [-0.4, -0.2) is 31.9 Å². The van der Waals surface area contributed by atoms with E-state index in [1.807, 2.05) is 29.8 Å². The molecule has 2 heterocycles. The van der Waals surface area contributed by atoms with E-state index in [1.54, 1.807) is 13.1 Å². The van der Waals surface area contributed by atoms with Crippen molar-refractivity contribution in [3.05, 3.63) is 23.5 Å². The third-order valence-corrected chi connectivity index (χ3v) is 4.68. The summed E-state index contributed by atoms with van der Waals surface area (Å²) in [6, 6.07) is 0. The van der Waals surface area contributed by atoms with Gasteiger partial charge in [0.1, 0.15) is 0 Å². The number of hydrogen-bond donors (Lipinski definition) is 2. The fraction of sp³-hybridized carbons (Fsp3) is 0.500. The van der Waals surface area contributed by atoms with Gasteiger partial charge in [-0.25, -0.2) is 4.98 Å². The van der Waals surface area contributed by atoms with Crippen LogP contribution in [0.3, 0.4) is 0 Å². The molecule has 2 rings (SSSR count). The number of carbonyl (C=O) groups is 2. The topological polar surface area (TPSA) is 83.7 Å². The maximum Gasteiger partial charge on any atom is 0.305 e. The zero-order chi connectivity index (χ0) is 15.6. The summed E-state index contributed by atoms with van der Waals surface area (Å²) in [5.74, 6) is -1.08. The van der Waals surface area contributed by atoms with E-state index in [0.29, 0.717) is 0 Å². The summed E-state index contributed by atoms with van der Waals surface area (Å²) in [6.45, 7) is 5.58. The van der Waals surface area contributed by atoms with Gasteiger partial charge < -0.3 is 10.4 Å². The predicted molar refractivity (Wildman–Crippen MR) is 80.4 cm³/mol. The third-order valence-electron chi connectivity index (χ3n) is 3.78. The molecule has 1 amide bonds. The van der Waals surface area contributed by atoms with Gasteiger partial charge in [-0.3, -0.25) is 14.0 Å². The molecule has 1 unspecified atom stereocenters. The Labute approximate surface area is 126 Å². The zero-order valence-electron chi connectivity index (χ0n) is 12.3. The Kier molecular flexibility index (Phi) is 4.32. The Morgan fingerprint density at radius 3 is 2.86 bits per heavy atom. The van der Waals surface area contributed by atoms with Crippen molar-refractivity contribution in [3.63, 3.8) is 0 Å². The van der Waals surface area contributed by atoms with E-state index in [4.69, 9.17) is 5.11 Å². The number of hydrogen-bond acceptors (Lipinski definition) is 4. The minimum absolute atomic E-state index is 0.0216. The minimum Gasteiger partial charge on any atom is -0.481 e. The average Bonchev–Trinajstić information content (AvgIpc) is 2.92. The van der Waals surface area contributed by atoms with Crippen LogP contribution in [0.5, 0.6) is 0 Å². The van der Waals surface area contributed by atoms with Crippen LogP contribution in [-0.2, 0) is 16.0 Å². The first kappa shape index (κ1) is 15.5. The number of imidazole rings is 1. The molecular weight excluding hydrogens is 290 g/mol. The summed E-state index contributed by atoms with van der Waals surface area (Å²) in [4.78, 5) is 28.2. The molecule has 7 heteroatoms. The van der Waals surface area contributed by atoms with E-state index in [-0.39, 0.29) is 24.7 Å². The van der Waals surface area contributed by atoms with Crippen LogP contribution in [0.4, 0.5) is 0 Å². The zero-order valence-corrected chi connectivity index (χ0v) is 13.1. The number of rotatable bonds is 6. The first-order chi connectivity index (χ1) is 9.82. The van der Waals surface area contributed by atoms with E-state index in [1.165, 1.54) is 11.3 Å². The molecule has 0 radical (unpaired) electrons. The number of aliphatic carboxylic acids is 1. The van der Waals surface area contributed by atoms with Crippen molar-refractivity contribution in [2.75, 3.05) is 0 Å². The van der Waals surface area contributed by atoms with E-state index >= 15 is 0 Å². The van der Waals surface area contributed by atoms with Crippen LogP contribution in [0.15, 0.2) is 17.8 Å². The van der Waals surface area contributed by atoms with E-state index in [0.717, 1.165) is 10.7 Å². The molecule has 114 valence electrons. The van der Waals surface area contributed by atoms with Gasteiger partial charge in [-0.05, 0) is 12.8 Å². The van der Waals surface area contributed by atoms with Crippen molar-refractivity contribution < 1.29 is 14.7 Å². The van der Waals surface area contributed by atoms with Gasteiger partial charge in [0, 0.05) is 29.0 Å². The number of nitrogens with zero attached hydrogens (tertiary/aromatic N) is 2. The quantitative estimate of drug-likeness (QED) is 0.854. The van der Waals surface area contributed by atoms with Crippen LogP contribution in [0.25, 0.3) is 4.96 Å². The number of aromatic nitrogens is 2. The van der Waals surface area contributed by atoms with Crippen molar-refractivity contribution in [3.8, 4) is 0 Å². The van der Waals surface area contributed by atoms with Gasteiger partial charge in [0.2, 0.25) is 5.91 Å². The fourth-order valence-electron chi connectivity index (χ4n) is 2.13. The Balaban J connectivity index is 2.09. The molecule has 0 bridgehead atoms. The summed E-state index contributed by atoms with van der Waals surface area (Å²) in [7, 11) is 0. The van der Waals surface area contributed by atoms with Crippen LogP contribution in [0.1, 0.15) is 32.9 Å². The van der Waals surface area contributed by atoms with Gasteiger partial charge in [-0.15, -0.1) is 11.3 Å². The molecule has 0 saturated heterocycles. The maximum atomic E-state index is 12.2. The van der Waals surface area contributed by atoms with Crippen LogP contribution in [0, 0.1) is 5.92 Å². The predicted octanol–water partition coefficient (Wildman–Crippen LogP) is 1.94. The van der Waals surface area contributed by atoms with Crippen LogP contribution >= 0.6 is 11.3 Å².